The number of aromatic hydroxyl groups is 1. The molecule has 0 spiro atoms. The number of hydrogen-bond acceptors (Lipinski definition) is 5. The number of aliphatic hydroxyl groups is 1. The van der Waals surface area contributed by atoms with Gasteiger partial charge >= 0.3 is 0 Å². The van der Waals surface area contributed by atoms with Gasteiger partial charge in [0.1, 0.15) is 0 Å². The summed E-state index contributed by atoms with van der Waals surface area (Å²) in [5.74, 6) is -0.228. The number of hydrogen-bond donors (Lipinski definition) is 2. The molecule has 1 aromatic heterocycles. The second-order valence-corrected chi connectivity index (χ2v) is 5.30. The first kappa shape index (κ1) is 15.8. The van der Waals surface area contributed by atoms with Crippen molar-refractivity contribution in [2.45, 2.75) is 13.1 Å². The smallest absolute Gasteiger partial charge is 0.223 e. The minimum Gasteiger partial charge on any atom is -0.503 e. The molecule has 116 valence electrons. The molecule has 0 unspecified atom stereocenters. The van der Waals surface area contributed by atoms with E-state index in [0.29, 0.717) is 19.6 Å². The Hall–Kier alpha value is -1.63. The lowest BCUT2D eigenvalue weighted by Gasteiger charge is -2.34. The molecule has 1 saturated heterocycles. The van der Waals surface area contributed by atoms with Gasteiger partial charge in [0.05, 0.1) is 12.8 Å². The van der Waals surface area contributed by atoms with E-state index in [1.165, 1.54) is 12.3 Å². The van der Waals surface area contributed by atoms with Gasteiger partial charge in [-0.2, -0.15) is 0 Å². The standard InChI is InChI=1S/C15H23N3O3/c1-2-3-18-12-15(21)14(20)10-13(18)11-17-6-4-16(5-7-17)8-9-19/h2,10,12,19,21H,1,3-9,11H2. The van der Waals surface area contributed by atoms with Crippen LogP contribution in [0.4, 0.5) is 0 Å². The largest absolute Gasteiger partial charge is 0.503 e. The van der Waals surface area contributed by atoms with Gasteiger partial charge in [-0.15, -0.1) is 6.58 Å². The van der Waals surface area contributed by atoms with Crippen LogP contribution in [0.3, 0.4) is 0 Å². The Labute approximate surface area is 124 Å². The first-order chi connectivity index (χ1) is 10.1. The molecule has 0 saturated carbocycles. The molecule has 2 heterocycles. The minimum atomic E-state index is -0.343. The van der Waals surface area contributed by atoms with Crippen LogP contribution in [0.15, 0.2) is 29.7 Å². The van der Waals surface area contributed by atoms with Gasteiger partial charge in [0.25, 0.3) is 0 Å². The van der Waals surface area contributed by atoms with Gasteiger partial charge in [0, 0.05) is 57.6 Å². The Morgan fingerprint density at radius 3 is 2.52 bits per heavy atom. The van der Waals surface area contributed by atoms with E-state index in [-0.39, 0.29) is 17.8 Å². The number of nitrogens with zero attached hydrogens (tertiary/aromatic N) is 3. The maximum atomic E-state index is 11.6. The number of rotatable bonds is 6. The predicted octanol–water partition coefficient (Wildman–Crippen LogP) is -0.150. The number of aliphatic hydroxyl groups excluding tert-OH is 1. The van der Waals surface area contributed by atoms with E-state index in [9.17, 15) is 9.90 Å². The van der Waals surface area contributed by atoms with Crippen molar-refractivity contribution >= 4 is 0 Å². The highest BCUT2D eigenvalue weighted by Gasteiger charge is 2.17. The van der Waals surface area contributed by atoms with Crippen LogP contribution in [0.5, 0.6) is 5.75 Å². The highest BCUT2D eigenvalue weighted by molar-refractivity contribution is 5.20. The monoisotopic (exact) mass is 293 g/mol. The third-order valence-corrected chi connectivity index (χ3v) is 3.79. The fourth-order valence-corrected chi connectivity index (χ4v) is 2.59. The van der Waals surface area contributed by atoms with Crippen LogP contribution in [0.2, 0.25) is 0 Å². The maximum absolute atomic E-state index is 11.6. The zero-order valence-electron chi connectivity index (χ0n) is 12.2. The van der Waals surface area contributed by atoms with Crippen LogP contribution >= 0.6 is 0 Å². The lowest BCUT2D eigenvalue weighted by molar-refractivity contribution is 0.107. The van der Waals surface area contributed by atoms with Gasteiger partial charge in [-0.25, -0.2) is 0 Å². The van der Waals surface area contributed by atoms with E-state index in [1.807, 2.05) is 4.57 Å². The second-order valence-electron chi connectivity index (χ2n) is 5.30. The average Bonchev–Trinajstić information content (AvgIpc) is 2.47. The highest BCUT2D eigenvalue weighted by Crippen LogP contribution is 2.10. The fourth-order valence-electron chi connectivity index (χ4n) is 2.59. The van der Waals surface area contributed by atoms with E-state index >= 15 is 0 Å². The lowest BCUT2D eigenvalue weighted by Crippen LogP contribution is -2.47. The minimum absolute atomic E-state index is 0.191. The van der Waals surface area contributed by atoms with Crippen molar-refractivity contribution in [1.29, 1.82) is 0 Å². The zero-order chi connectivity index (χ0) is 15.2. The van der Waals surface area contributed by atoms with E-state index in [4.69, 9.17) is 5.11 Å². The number of pyridine rings is 1. The van der Waals surface area contributed by atoms with Gasteiger partial charge in [0.2, 0.25) is 5.43 Å². The molecule has 0 amide bonds. The molecule has 6 nitrogen and oxygen atoms in total. The summed E-state index contributed by atoms with van der Waals surface area (Å²) in [6.45, 7) is 9.50. The SMILES string of the molecule is C=CCn1cc(O)c(=O)cc1CN1CCN(CCO)CC1. The lowest BCUT2D eigenvalue weighted by atomic mass is 10.2. The molecule has 0 bridgehead atoms. The third-order valence-electron chi connectivity index (χ3n) is 3.79. The molecule has 1 aliphatic heterocycles. The molecule has 0 radical (unpaired) electrons. The second kappa shape index (κ2) is 7.40. The fraction of sp³-hybridized carbons (Fsp3) is 0.533. The quantitative estimate of drug-likeness (QED) is 0.714. The Bertz CT molecular complexity index is 533. The van der Waals surface area contributed by atoms with Crippen molar-refractivity contribution in [3.05, 3.63) is 40.8 Å². The van der Waals surface area contributed by atoms with E-state index in [2.05, 4.69) is 16.4 Å². The van der Waals surface area contributed by atoms with Crippen molar-refractivity contribution in [3.63, 3.8) is 0 Å². The van der Waals surface area contributed by atoms with Crippen LogP contribution in [-0.4, -0.2) is 63.9 Å². The summed E-state index contributed by atoms with van der Waals surface area (Å²) in [5, 5.41) is 18.5. The molecule has 1 aliphatic rings. The number of piperazine rings is 1. The van der Waals surface area contributed by atoms with Crippen molar-refractivity contribution in [2.24, 2.45) is 0 Å². The summed E-state index contributed by atoms with van der Waals surface area (Å²) < 4.78 is 1.85. The Morgan fingerprint density at radius 1 is 1.24 bits per heavy atom. The first-order valence-corrected chi connectivity index (χ1v) is 7.23. The van der Waals surface area contributed by atoms with Gasteiger partial charge in [0.15, 0.2) is 5.75 Å². The van der Waals surface area contributed by atoms with E-state index in [1.54, 1.807) is 6.08 Å². The summed E-state index contributed by atoms with van der Waals surface area (Å²) in [7, 11) is 0. The maximum Gasteiger partial charge on any atom is 0.223 e. The van der Waals surface area contributed by atoms with Crippen molar-refractivity contribution in [2.75, 3.05) is 39.3 Å². The van der Waals surface area contributed by atoms with E-state index < -0.39 is 0 Å². The topological polar surface area (TPSA) is 68.9 Å². The van der Waals surface area contributed by atoms with Gasteiger partial charge in [-0.3, -0.25) is 14.6 Å². The average molecular weight is 293 g/mol. The summed E-state index contributed by atoms with van der Waals surface area (Å²) >= 11 is 0. The summed E-state index contributed by atoms with van der Waals surface area (Å²) in [5.41, 5.74) is 0.539. The van der Waals surface area contributed by atoms with Crippen molar-refractivity contribution in [1.82, 2.24) is 14.4 Å². The Morgan fingerprint density at radius 2 is 1.90 bits per heavy atom. The molecule has 6 heteroatoms. The molecule has 21 heavy (non-hydrogen) atoms. The van der Waals surface area contributed by atoms with Gasteiger partial charge in [-0.1, -0.05) is 6.08 Å². The Balaban J connectivity index is 2.04. The van der Waals surface area contributed by atoms with Gasteiger partial charge in [-0.05, 0) is 0 Å². The van der Waals surface area contributed by atoms with Crippen LogP contribution in [0, 0.1) is 0 Å². The van der Waals surface area contributed by atoms with Crippen LogP contribution in [-0.2, 0) is 13.1 Å². The molecule has 0 aliphatic carbocycles. The summed E-state index contributed by atoms with van der Waals surface area (Å²) in [6, 6.07) is 1.50. The van der Waals surface area contributed by atoms with Crippen molar-refractivity contribution in [3.8, 4) is 5.75 Å². The molecular formula is C15H23N3O3. The van der Waals surface area contributed by atoms with Crippen LogP contribution < -0.4 is 5.43 Å². The normalized spacial score (nSPS) is 17.0. The summed E-state index contributed by atoms with van der Waals surface area (Å²) in [6.07, 6.45) is 3.22. The predicted molar refractivity (Wildman–Crippen MR) is 81.4 cm³/mol. The molecule has 1 fully saturated rings. The van der Waals surface area contributed by atoms with Crippen LogP contribution in [0.1, 0.15) is 5.69 Å². The van der Waals surface area contributed by atoms with Crippen LogP contribution in [0.25, 0.3) is 0 Å². The third kappa shape index (κ3) is 4.17. The number of aromatic nitrogens is 1. The van der Waals surface area contributed by atoms with Crippen molar-refractivity contribution < 1.29 is 10.2 Å². The Kier molecular flexibility index (Phi) is 5.55. The first-order valence-electron chi connectivity index (χ1n) is 7.23. The molecular weight excluding hydrogens is 270 g/mol. The van der Waals surface area contributed by atoms with E-state index in [0.717, 1.165) is 31.9 Å². The molecule has 2 rings (SSSR count). The summed E-state index contributed by atoms with van der Waals surface area (Å²) in [4.78, 5) is 16.1. The number of β-amino-alcohol motifs (C(OH)–C–C–N with tert-alkyl or cyclic N) is 1. The molecule has 2 N–H and O–H groups in total. The molecule has 1 aromatic rings. The molecule has 0 atom stereocenters. The van der Waals surface area contributed by atoms with Gasteiger partial charge < -0.3 is 14.8 Å². The number of allylic oxidation sites excluding steroid dienone is 1. The zero-order valence-corrected chi connectivity index (χ0v) is 12.2. The highest BCUT2D eigenvalue weighted by atomic mass is 16.3. The molecule has 0 aromatic carbocycles.